The zero-order valence-electron chi connectivity index (χ0n) is 12.3. The molecule has 0 radical (unpaired) electrons. The number of ether oxygens (including phenoxy) is 1. The van der Waals surface area contributed by atoms with Gasteiger partial charge in [-0.25, -0.2) is 0 Å². The van der Waals surface area contributed by atoms with Crippen molar-refractivity contribution in [2.45, 2.75) is 33.6 Å². The van der Waals surface area contributed by atoms with Gasteiger partial charge in [-0.2, -0.15) is 0 Å². The van der Waals surface area contributed by atoms with Crippen molar-refractivity contribution in [3.8, 4) is 0 Å². The standard InChI is InChI=1S/C14H19NO2.C2H6/c1-2-17-14(16)12-8-10-15(11-9-12)13-6-4-3-5-7-13;1-2/h3-7,12H,2,8-11H2,1H3;1-2H3. The molecule has 1 aromatic carbocycles. The zero-order chi connectivity index (χ0) is 14.1. The van der Waals surface area contributed by atoms with Crippen LogP contribution >= 0.6 is 0 Å². The maximum Gasteiger partial charge on any atom is 0.309 e. The van der Waals surface area contributed by atoms with Gasteiger partial charge in [0.05, 0.1) is 12.5 Å². The van der Waals surface area contributed by atoms with E-state index in [9.17, 15) is 4.79 Å². The van der Waals surface area contributed by atoms with Crippen molar-refractivity contribution in [1.29, 1.82) is 0 Å². The molecule has 0 amide bonds. The van der Waals surface area contributed by atoms with Crippen LogP contribution in [0.25, 0.3) is 0 Å². The van der Waals surface area contributed by atoms with Crippen LogP contribution in [-0.2, 0) is 9.53 Å². The van der Waals surface area contributed by atoms with E-state index in [-0.39, 0.29) is 11.9 Å². The molecule has 0 saturated carbocycles. The summed E-state index contributed by atoms with van der Waals surface area (Å²) in [5.74, 6) is 0.0649. The quantitative estimate of drug-likeness (QED) is 0.782. The molecule has 0 aliphatic carbocycles. The van der Waals surface area contributed by atoms with E-state index < -0.39 is 0 Å². The van der Waals surface area contributed by atoms with E-state index in [1.807, 2.05) is 39.0 Å². The predicted octanol–water partition coefficient (Wildman–Crippen LogP) is 3.49. The number of hydrogen-bond donors (Lipinski definition) is 0. The second-order valence-corrected chi connectivity index (χ2v) is 4.35. The van der Waals surface area contributed by atoms with E-state index in [1.54, 1.807) is 0 Å². The van der Waals surface area contributed by atoms with Crippen LogP contribution in [-0.4, -0.2) is 25.7 Å². The summed E-state index contributed by atoms with van der Waals surface area (Å²) in [7, 11) is 0. The molecule has 1 heterocycles. The van der Waals surface area contributed by atoms with Gasteiger partial charge in [0.15, 0.2) is 0 Å². The molecule has 19 heavy (non-hydrogen) atoms. The van der Waals surface area contributed by atoms with Gasteiger partial charge in [0.1, 0.15) is 0 Å². The molecular formula is C16H25NO2. The van der Waals surface area contributed by atoms with Crippen LogP contribution in [0.3, 0.4) is 0 Å². The number of carbonyl (C=O) groups excluding carboxylic acids is 1. The molecule has 2 rings (SSSR count). The van der Waals surface area contributed by atoms with Gasteiger partial charge in [-0.1, -0.05) is 32.0 Å². The topological polar surface area (TPSA) is 29.5 Å². The normalized spacial score (nSPS) is 15.4. The van der Waals surface area contributed by atoms with Crippen molar-refractivity contribution in [2.24, 2.45) is 5.92 Å². The minimum atomic E-state index is -0.0276. The Morgan fingerprint density at radius 1 is 1.21 bits per heavy atom. The summed E-state index contributed by atoms with van der Waals surface area (Å²) < 4.78 is 5.06. The summed E-state index contributed by atoms with van der Waals surface area (Å²) in [6.07, 6.45) is 1.79. The van der Waals surface area contributed by atoms with Crippen LogP contribution in [0, 0.1) is 5.92 Å². The van der Waals surface area contributed by atoms with Crippen molar-refractivity contribution in [3.63, 3.8) is 0 Å². The van der Waals surface area contributed by atoms with Crippen LogP contribution in [0.15, 0.2) is 30.3 Å². The number of nitrogens with zero attached hydrogens (tertiary/aromatic N) is 1. The number of esters is 1. The fourth-order valence-corrected chi connectivity index (χ4v) is 2.27. The van der Waals surface area contributed by atoms with Crippen LogP contribution in [0.5, 0.6) is 0 Å². The average molecular weight is 263 g/mol. The Hall–Kier alpha value is -1.51. The summed E-state index contributed by atoms with van der Waals surface area (Å²) in [4.78, 5) is 13.9. The third-order valence-electron chi connectivity index (χ3n) is 3.24. The molecule has 0 atom stereocenters. The molecule has 1 aliphatic rings. The molecule has 106 valence electrons. The first-order valence-corrected chi connectivity index (χ1v) is 7.28. The molecule has 1 saturated heterocycles. The lowest BCUT2D eigenvalue weighted by Crippen LogP contribution is -2.36. The maximum atomic E-state index is 11.6. The van der Waals surface area contributed by atoms with Crippen molar-refractivity contribution in [1.82, 2.24) is 0 Å². The number of rotatable bonds is 3. The van der Waals surface area contributed by atoms with E-state index in [0.717, 1.165) is 25.9 Å². The summed E-state index contributed by atoms with van der Waals surface area (Å²) >= 11 is 0. The Kier molecular flexibility index (Phi) is 7.01. The number of para-hydroxylation sites is 1. The van der Waals surface area contributed by atoms with E-state index in [1.165, 1.54) is 5.69 Å². The molecule has 1 aromatic rings. The van der Waals surface area contributed by atoms with E-state index in [2.05, 4.69) is 17.0 Å². The fraction of sp³-hybridized carbons (Fsp3) is 0.562. The molecule has 0 aromatic heterocycles. The highest BCUT2D eigenvalue weighted by Crippen LogP contribution is 2.23. The summed E-state index contributed by atoms with van der Waals surface area (Å²) in [5.41, 5.74) is 1.25. The van der Waals surface area contributed by atoms with Crippen LogP contribution in [0.1, 0.15) is 33.6 Å². The van der Waals surface area contributed by atoms with Crippen LogP contribution in [0.4, 0.5) is 5.69 Å². The summed E-state index contributed by atoms with van der Waals surface area (Å²) in [5, 5.41) is 0. The maximum absolute atomic E-state index is 11.6. The number of carbonyl (C=O) groups is 1. The second kappa shape index (κ2) is 8.57. The van der Waals surface area contributed by atoms with Gasteiger partial charge in [0.2, 0.25) is 0 Å². The molecule has 1 aliphatic heterocycles. The third kappa shape index (κ3) is 4.58. The third-order valence-corrected chi connectivity index (χ3v) is 3.24. The Morgan fingerprint density at radius 2 is 1.79 bits per heavy atom. The van der Waals surface area contributed by atoms with Gasteiger partial charge in [0.25, 0.3) is 0 Å². The van der Waals surface area contributed by atoms with Crippen molar-refractivity contribution in [2.75, 3.05) is 24.6 Å². The highest BCUT2D eigenvalue weighted by Gasteiger charge is 2.25. The smallest absolute Gasteiger partial charge is 0.309 e. The van der Waals surface area contributed by atoms with Crippen LogP contribution in [0.2, 0.25) is 0 Å². The molecule has 1 fully saturated rings. The van der Waals surface area contributed by atoms with Gasteiger partial charge in [0, 0.05) is 18.8 Å². The number of hydrogen-bond acceptors (Lipinski definition) is 3. The Bertz CT molecular complexity index is 356. The van der Waals surface area contributed by atoms with Crippen molar-refractivity contribution >= 4 is 11.7 Å². The fourth-order valence-electron chi connectivity index (χ4n) is 2.27. The lowest BCUT2D eigenvalue weighted by atomic mass is 9.96. The molecule has 3 nitrogen and oxygen atoms in total. The first kappa shape index (κ1) is 15.5. The lowest BCUT2D eigenvalue weighted by Gasteiger charge is -2.32. The first-order valence-electron chi connectivity index (χ1n) is 7.28. The van der Waals surface area contributed by atoms with Crippen molar-refractivity contribution in [3.05, 3.63) is 30.3 Å². The van der Waals surface area contributed by atoms with Gasteiger partial charge < -0.3 is 9.64 Å². The highest BCUT2D eigenvalue weighted by atomic mass is 16.5. The SMILES string of the molecule is CC.CCOC(=O)C1CCN(c2ccccc2)CC1. The van der Waals surface area contributed by atoms with Crippen molar-refractivity contribution < 1.29 is 9.53 Å². The van der Waals surface area contributed by atoms with Gasteiger partial charge in [-0.15, -0.1) is 0 Å². The highest BCUT2D eigenvalue weighted by molar-refractivity contribution is 5.72. The average Bonchev–Trinajstić information content (AvgIpc) is 2.51. The first-order chi connectivity index (χ1) is 9.31. The summed E-state index contributed by atoms with van der Waals surface area (Å²) in [6.45, 7) is 8.22. The van der Waals surface area contributed by atoms with Gasteiger partial charge >= 0.3 is 5.97 Å². The number of anilines is 1. The molecular weight excluding hydrogens is 238 g/mol. The number of benzene rings is 1. The lowest BCUT2D eigenvalue weighted by molar-refractivity contribution is -0.148. The molecule has 0 N–H and O–H groups in total. The molecule has 0 bridgehead atoms. The molecule has 0 unspecified atom stereocenters. The summed E-state index contributed by atoms with van der Waals surface area (Å²) in [6, 6.07) is 10.4. The molecule has 3 heteroatoms. The van der Waals surface area contributed by atoms with E-state index >= 15 is 0 Å². The molecule has 0 spiro atoms. The minimum Gasteiger partial charge on any atom is -0.466 e. The second-order valence-electron chi connectivity index (χ2n) is 4.35. The largest absolute Gasteiger partial charge is 0.466 e. The van der Waals surface area contributed by atoms with Crippen LogP contribution < -0.4 is 4.90 Å². The number of piperidine rings is 1. The van der Waals surface area contributed by atoms with Gasteiger partial charge in [-0.3, -0.25) is 4.79 Å². The minimum absolute atomic E-state index is 0.0276. The Morgan fingerprint density at radius 3 is 2.32 bits per heavy atom. The van der Waals surface area contributed by atoms with E-state index in [0.29, 0.717) is 6.61 Å². The monoisotopic (exact) mass is 263 g/mol. The zero-order valence-corrected chi connectivity index (χ0v) is 12.3. The van der Waals surface area contributed by atoms with E-state index in [4.69, 9.17) is 4.74 Å². The Labute approximate surface area is 116 Å². The Balaban J connectivity index is 0.000000861. The van der Waals surface area contributed by atoms with Gasteiger partial charge in [-0.05, 0) is 31.9 Å². The predicted molar refractivity (Wildman–Crippen MR) is 79.4 cm³/mol.